The molecule has 2 aromatic rings. The Hall–Kier alpha value is -1.92. The summed E-state index contributed by atoms with van der Waals surface area (Å²) in [5.41, 5.74) is 2.76. The maximum atomic E-state index is 12.5. The van der Waals surface area contributed by atoms with E-state index in [0.29, 0.717) is 17.7 Å². The molecule has 7 heteroatoms. The Bertz CT molecular complexity index is 707. The number of aromatic nitrogens is 3. The molecule has 1 amide bonds. The number of hydrogen-bond donors (Lipinski definition) is 2. The molecule has 0 spiro atoms. The molecule has 2 N–H and O–H groups in total. The van der Waals surface area contributed by atoms with Crippen molar-refractivity contribution in [2.45, 2.75) is 51.6 Å². The number of rotatable bonds is 5. The smallest absolute Gasteiger partial charge is 0.273 e. The molecule has 0 aliphatic carbocycles. The first-order valence-corrected chi connectivity index (χ1v) is 9.08. The van der Waals surface area contributed by atoms with E-state index < -0.39 is 0 Å². The standard InChI is InChI=1S/C19H27N5O.ClH/c1-13(2)15-4-6-16(7-5-15)14(3)21-19(25)18-12-24(23-22-18)17-8-10-20-11-9-17;/h4-7,12-14,17,20H,8-11H2,1-3H3,(H,21,25);1H. The molecule has 1 aliphatic rings. The average molecular weight is 378 g/mol. The predicted molar refractivity (Wildman–Crippen MR) is 105 cm³/mol. The highest BCUT2D eigenvalue weighted by Crippen LogP contribution is 2.20. The lowest BCUT2D eigenvalue weighted by Gasteiger charge is -2.22. The first-order valence-electron chi connectivity index (χ1n) is 9.08. The Morgan fingerprint density at radius 2 is 1.77 bits per heavy atom. The number of hydrogen-bond acceptors (Lipinski definition) is 4. The van der Waals surface area contributed by atoms with E-state index in [-0.39, 0.29) is 24.4 Å². The van der Waals surface area contributed by atoms with E-state index in [1.807, 2.05) is 11.6 Å². The van der Waals surface area contributed by atoms with Crippen molar-refractivity contribution in [3.63, 3.8) is 0 Å². The second-order valence-electron chi connectivity index (χ2n) is 7.08. The van der Waals surface area contributed by atoms with E-state index in [2.05, 4.69) is 59.1 Å². The van der Waals surface area contributed by atoms with Crippen molar-refractivity contribution in [3.05, 3.63) is 47.3 Å². The van der Waals surface area contributed by atoms with Gasteiger partial charge in [-0.05, 0) is 49.9 Å². The summed E-state index contributed by atoms with van der Waals surface area (Å²) in [7, 11) is 0. The molecule has 142 valence electrons. The van der Waals surface area contributed by atoms with Crippen LogP contribution >= 0.6 is 12.4 Å². The minimum Gasteiger partial charge on any atom is -0.344 e. The van der Waals surface area contributed by atoms with Crippen LogP contribution in [-0.2, 0) is 0 Å². The molecule has 0 bridgehead atoms. The first kappa shape index (κ1) is 20.4. The van der Waals surface area contributed by atoms with Crippen molar-refractivity contribution in [1.29, 1.82) is 0 Å². The number of piperidine rings is 1. The molecular weight excluding hydrogens is 350 g/mol. The van der Waals surface area contributed by atoms with Crippen molar-refractivity contribution in [1.82, 2.24) is 25.6 Å². The maximum absolute atomic E-state index is 12.5. The quantitative estimate of drug-likeness (QED) is 0.839. The molecule has 2 heterocycles. The van der Waals surface area contributed by atoms with E-state index in [9.17, 15) is 4.79 Å². The summed E-state index contributed by atoms with van der Waals surface area (Å²) in [6.07, 6.45) is 3.80. The monoisotopic (exact) mass is 377 g/mol. The van der Waals surface area contributed by atoms with Crippen molar-refractivity contribution >= 4 is 18.3 Å². The molecule has 1 aromatic carbocycles. The van der Waals surface area contributed by atoms with Gasteiger partial charge in [0.15, 0.2) is 5.69 Å². The Labute approximate surface area is 161 Å². The van der Waals surface area contributed by atoms with E-state index in [1.165, 1.54) is 5.56 Å². The van der Waals surface area contributed by atoms with E-state index >= 15 is 0 Å². The molecule has 1 saturated heterocycles. The Balaban J connectivity index is 0.00000243. The van der Waals surface area contributed by atoms with E-state index in [4.69, 9.17) is 0 Å². The Kier molecular flexibility index (Phi) is 7.17. The largest absolute Gasteiger partial charge is 0.344 e. The van der Waals surface area contributed by atoms with Crippen LogP contribution < -0.4 is 10.6 Å². The molecule has 1 fully saturated rings. The molecule has 1 aromatic heterocycles. The van der Waals surface area contributed by atoms with Gasteiger partial charge in [0, 0.05) is 0 Å². The molecule has 0 saturated carbocycles. The minimum atomic E-state index is -0.180. The Morgan fingerprint density at radius 1 is 1.15 bits per heavy atom. The van der Waals surface area contributed by atoms with Gasteiger partial charge in [-0.2, -0.15) is 0 Å². The SMILES string of the molecule is CC(C)c1ccc(C(C)NC(=O)c2cn(C3CCNCC3)nn2)cc1.Cl. The number of carbonyl (C=O) groups is 1. The zero-order chi connectivity index (χ0) is 17.8. The van der Waals surface area contributed by atoms with Gasteiger partial charge in [0.25, 0.3) is 5.91 Å². The van der Waals surface area contributed by atoms with Crippen LogP contribution in [0.1, 0.15) is 73.2 Å². The number of halogens is 1. The highest BCUT2D eigenvalue weighted by atomic mass is 35.5. The van der Waals surface area contributed by atoms with Crippen molar-refractivity contribution < 1.29 is 4.79 Å². The molecule has 26 heavy (non-hydrogen) atoms. The van der Waals surface area contributed by atoms with Crippen LogP contribution in [0.15, 0.2) is 30.5 Å². The molecule has 3 rings (SSSR count). The van der Waals surface area contributed by atoms with Gasteiger partial charge in [0.1, 0.15) is 0 Å². The van der Waals surface area contributed by atoms with Gasteiger partial charge in [-0.1, -0.05) is 43.3 Å². The minimum absolute atomic E-state index is 0. The molecule has 1 atom stereocenters. The van der Waals surface area contributed by atoms with Gasteiger partial charge in [-0.25, -0.2) is 4.68 Å². The van der Waals surface area contributed by atoms with Crippen LogP contribution in [0, 0.1) is 0 Å². The van der Waals surface area contributed by atoms with Crippen LogP contribution in [0.2, 0.25) is 0 Å². The fourth-order valence-electron chi connectivity index (χ4n) is 3.15. The molecule has 1 unspecified atom stereocenters. The van der Waals surface area contributed by atoms with Crippen molar-refractivity contribution in [2.75, 3.05) is 13.1 Å². The van der Waals surface area contributed by atoms with Crippen LogP contribution in [0.3, 0.4) is 0 Å². The lowest BCUT2D eigenvalue weighted by Crippen LogP contribution is -2.29. The van der Waals surface area contributed by atoms with Gasteiger partial charge >= 0.3 is 0 Å². The van der Waals surface area contributed by atoms with Crippen molar-refractivity contribution in [3.8, 4) is 0 Å². The fourth-order valence-corrected chi connectivity index (χ4v) is 3.15. The third-order valence-corrected chi connectivity index (χ3v) is 4.88. The van der Waals surface area contributed by atoms with Gasteiger partial charge in [0.2, 0.25) is 0 Å². The summed E-state index contributed by atoms with van der Waals surface area (Å²) >= 11 is 0. The number of carbonyl (C=O) groups excluding carboxylic acids is 1. The summed E-state index contributed by atoms with van der Waals surface area (Å²) in [6.45, 7) is 8.29. The highest BCUT2D eigenvalue weighted by molar-refractivity contribution is 5.92. The summed E-state index contributed by atoms with van der Waals surface area (Å²) in [5, 5.41) is 14.5. The van der Waals surface area contributed by atoms with E-state index in [0.717, 1.165) is 31.5 Å². The summed E-state index contributed by atoms with van der Waals surface area (Å²) in [6, 6.07) is 8.65. The summed E-state index contributed by atoms with van der Waals surface area (Å²) in [5.74, 6) is 0.324. The van der Waals surface area contributed by atoms with Crippen LogP contribution in [0.25, 0.3) is 0 Å². The Morgan fingerprint density at radius 3 is 2.38 bits per heavy atom. The summed E-state index contributed by atoms with van der Waals surface area (Å²) < 4.78 is 1.83. The molecule has 1 aliphatic heterocycles. The van der Waals surface area contributed by atoms with Crippen LogP contribution in [-0.4, -0.2) is 34.0 Å². The van der Waals surface area contributed by atoms with Gasteiger partial charge in [-0.3, -0.25) is 4.79 Å². The number of benzene rings is 1. The highest BCUT2D eigenvalue weighted by Gasteiger charge is 2.19. The lowest BCUT2D eigenvalue weighted by molar-refractivity contribution is 0.0934. The zero-order valence-corrected chi connectivity index (χ0v) is 16.4. The molecule has 6 nitrogen and oxygen atoms in total. The number of amides is 1. The fraction of sp³-hybridized carbons (Fsp3) is 0.526. The van der Waals surface area contributed by atoms with E-state index in [1.54, 1.807) is 6.20 Å². The third-order valence-electron chi connectivity index (χ3n) is 4.88. The predicted octanol–water partition coefficient (Wildman–Crippen LogP) is 3.24. The third kappa shape index (κ3) is 4.83. The maximum Gasteiger partial charge on any atom is 0.273 e. The zero-order valence-electron chi connectivity index (χ0n) is 15.6. The van der Waals surface area contributed by atoms with Crippen LogP contribution in [0.5, 0.6) is 0 Å². The normalized spacial score (nSPS) is 16.2. The topological polar surface area (TPSA) is 71.8 Å². The van der Waals surface area contributed by atoms with Gasteiger partial charge < -0.3 is 10.6 Å². The molecule has 0 radical (unpaired) electrons. The molecular formula is C19H28ClN5O. The van der Waals surface area contributed by atoms with Gasteiger partial charge in [0.05, 0.1) is 18.3 Å². The average Bonchev–Trinajstić information content (AvgIpc) is 3.13. The number of nitrogens with one attached hydrogen (secondary N) is 2. The second-order valence-corrected chi connectivity index (χ2v) is 7.08. The van der Waals surface area contributed by atoms with Crippen LogP contribution in [0.4, 0.5) is 0 Å². The second kappa shape index (κ2) is 9.14. The van der Waals surface area contributed by atoms with Gasteiger partial charge in [-0.15, -0.1) is 17.5 Å². The summed E-state index contributed by atoms with van der Waals surface area (Å²) in [4.78, 5) is 12.5. The lowest BCUT2D eigenvalue weighted by atomic mass is 9.99. The first-order chi connectivity index (χ1) is 12.0. The number of nitrogens with zero attached hydrogens (tertiary/aromatic N) is 3. The van der Waals surface area contributed by atoms with Crippen molar-refractivity contribution in [2.24, 2.45) is 0 Å².